The molecule has 1 aliphatic heterocycles. The summed E-state index contributed by atoms with van der Waals surface area (Å²) in [6, 6.07) is 1.82. The zero-order valence-corrected chi connectivity index (χ0v) is 13.9. The van der Waals surface area contributed by atoms with E-state index >= 15 is 0 Å². The second-order valence-electron chi connectivity index (χ2n) is 4.54. The van der Waals surface area contributed by atoms with Gasteiger partial charge in [-0.25, -0.2) is 14.8 Å². The van der Waals surface area contributed by atoms with Crippen molar-refractivity contribution in [3.63, 3.8) is 0 Å². The summed E-state index contributed by atoms with van der Waals surface area (Å²) < 4.78 is 1.52. The van der Waals surface area contributed by atoms with Gasteiger partial charge in [0.25, 0.3) is 0 Å². The smallest absolute Gasteiger partial charge is 0.354 e. The molecule has 1 aliphatic rings. The summed E-state index contributed by atoms with van der Waals surface area (Å²) >= 11 is 6.74. The lowest BCUT2D eigenvalue weighted by molar-refractivity contribution is 0.0688. The number of carboxylic acid groups (broad SMARTS) is 1. The van der Waals surface area contributed by atoms with E-state index in [0.29, 0.717) is 34.5 Å². The predicted octanol–water partition coefficient (Wildman–Crippen LogP) is 2.41. The van der Waals surface area contributed by atoms with E-state index in [2.05, 4.69) is 52.1 Å². The SMILES string of the molecule is O=C(O)c1nc(-c2ncc(Br)cc2Br)nc2c1CCNC2. The van der Waals surface area contributed by atoms with Gasteiger partial charge in [0, 0.05) is 27.3 Å². The van der Waals surface area contributed by atoms with Gasteiger partial charge >= 0.3 is 5.97 Å². The van der Waals surface area contributed by atoms with Crippen LogP contribution in [0.4, 0.5) is 0 Å². The van der Waals surface area contributed by atoms with Crippen LogP contribution in [-0.4, -0.2) is 32.6 Å². The zero-order chi connectivity index (χ0) is 15.0. The lowest BCUT2D eigenvalue weighted by atomic mass is 10.0. The predicted molar refractivity (Wildman–Crippen MR) is 83.0 cm³/mol. The molecule has 2 aromatic heterocycles. The highest BCUT2D eigenvalue weighted by molar-refractivity contribution is 9.11. The number of carboxylic acids is 1. The lowest BCUT2D eigenvalue weighted by Crippen LogP contribution is -2.28. The molecule has 2 N–H and O–H groups in total. The number of nitrogens with zero attached hydrogens (tertiary/aromatic N) is 3. The minimum atomic E-state index is -1.04. The quantitative estimate of drug-likeness (QED) is 0.785. The Morgan fingerprint density at radius 1 is 1.33 bits per heavy atom. The molecule has 0 unspecified atom stereocenters. The maximum atomic E-state index is 11.4. The summed E-state index contributed by atoms with van der Waals surface area (Å²) in [5.41, 5.74) is 2.01. The van der Waals surface area contributed by atoms with E-state index in [0.717, 1.165) is 16.7 Å². The van der Waals surface area contributed by atoms with Gasteiger partial charge < -0.3 is 10.4 Å². The minimum Gasteiger partial charge on any atom is -0.476 e. The van der Waals surface area contributed by atoms with E-state index in [9.17, 15) is 9.90 Å². The van der Waals surface area contributed by atoms with Crippen molar-refractivity contribution in [2.45, 2.75) is 13.0 Å². The van der Waals surface area contributed by atoms with Gasteiger partial charge in [-0.3, -0.25) is 4.98 Å². The second kappa shape index (κ2) is 5.78. The van der Waals surface area contributed by atoms with Crippen LogP contribution >= 0.6 is 31.9 Å². The van der Waals surface area contributed by atoms with Crippen LogP contribution in [0.5, 0.6) is 0 Å². The van der Waals surface area contributed by atoms with Gasteiger partial charge in [0.1, 0.15) is 5.69 Å². The van der Waals surface area contributed by atoms with Crippen LogP contribution in [0.1, 0.15) is 21.7 Å². The number of aromatic nitrogens is 3. The van der Waals surface area contributed by atoms with E-state index in [4.69, 9.17) is 0 Å². The number of carbonyl (C=O) groups is 1. The number of halogens is 2. The fraction of sp³-hybridized carbons (Fsp3) is 0.231. The van der Waals surface area contributed by atoms with Gasteiger partial charge in [0.2, 0.25) is 0 Å². The molecule has 8 heteroatoms. The molecular formula is C13H10Br2N4O2. The molecule has 0 fully saturated rings. The number of aromatic carboxylic acids is 1. The molecule has 2 aromatic rings. The molecule has 0 radical (unpaired) electrons. The van der Waals surface area contributed by atoms with Crippen molar-refractivity contribution in [2.24, 2.45) is 0 Å². The number of nitrogens with one attached hydrogen (secondary N) is 1. The first-order valence-corrected chi connectivity index (χ1v) is 7.80. The lowest BCUT2D eigenvalue weighted by Gasteiger charge is -2.18. The van der Waals surface area contributed by atoms with Crippen LogP contribution in [0.15, 0.2) is 21.2 Å². The highest BCUT2D eigenvalue weighted by Crippen LogP contribution is 2.28. The van der Waals surface area contributed by atoms with Crippen molar-refractivity contribution in [1.82, 2.24) is 20.3 Å². The summed E-state index contributed by atoms with van der Waals surface area (Å²) in [6.45, 7) is 1.27. The Kier molecular flexibility index (Phi) is 4.01. The van der Waals surface area contributed by atoms with E-state index in [1.54, 1.807) is 6.20 Å². The monoisotopic (exact) mass is 412 g/mol. The molecular weight excluding hydrogens is 404 g/mol. The first-order chi connectivity index (χ1) is 10.1. The maximum absolute atomic E-state index is 11.4. The van der Waals surface area contributed by atoms with Crippen LogP contribution in [0, 0.1) is 0 Å². The normalized spacial score (nSPS) is 13.8. The van der Waals surface area contributed by atoms with Gasteiger partial charge in [-0.2, -0.15) is 0 Å². The van der Waals surface area contributed by atoms with Gasteiger partial charge in [0.15, 0.2) is 11.5 Å². The van der Waals surface area contributed by atoms with Crippen molar-refractivity contribution in [2.75, 3.05) is 6.54 Å². The Bertz CT molecular complexity index is 736. The average molecular weight is 414 g/mol. The summed E-state index contributed by atoms with van der Waals surface area (Å²) in [5, 5.41) is 12.6. The molecule has 0 spiro atoms. The number of hydrogen-bond donors (Lipinski definition) is 2. The minimum absolute atomic E-state index is 0.0631. The summed E-state index contributed by atoms with van der Waals surface area (Å²) in [4.78, 5) is 24.4. The van der Waals surface area contributed by atoms with Crippen molar-refractivity contribution in [3.05, 3.63) is 38.2 Å². The second-order valence-corrected chi connectivity index (χ2v) is 6.31. The Hall–Kier alpha value is -1.38. The first-order valence-electron chi connectivity index (χ1n) is 6.21. The molecule has 21 heavy (non-hydrogen) atoms. The molecule has 0 amide bonds. The molecule has 0 bridgehead atoms. The third-order valence-corrected chi connectivity index (χ3v) is 4.20. The van der Waals surface area contributed by atoms with E-state index in [1.165, 1.54) is 0 Å². The number of rotatable bonds is 2. The Labute approximate surface area is 137 Å². The van der Waals surface area contributed by atoms with Crippen molar-refractivity contribution < 1.29 is 9.90 Å². The topological polar surface area (TPSA) is 88.0 Å². The van der Waals surface area contributed by atoms with E-state index in [1.807, 2.05) is 6.07 Å². The highest BCUT2D eigenvalue weighted by atomic mass is 79.9. The highest BCUT2D eigenvalue weighted by Gasteiger charge is 2.23. The third-order valence-electron chi connectivity index (χ3n) is 3.16. The molecule has 108 valence electrons. The van der Waals surface area contributed by atoms with Crippen molar-refractivity contribution >= 4 is 37.8 Å². The zero-order valence-electron chi connectivity index (χ0n) is 10.7. The molecule has 0 saturated carbocycles. The number of hydrogen-bond acceptors (Lipinski definition) is 5. The number of pyridine rings is 1. The third kappa shape index (κ3) is 2.83. The average Bonchev–Trinajstić information content (AvgIpc) is 2.46. The van der Waals surface area contributed by atoms with Crippen molar-refractivity contribution in [3.8, 4) is 11.5 Å². The summed E-state index contributed by atoms with van der Waals surface area (Å²) in [7, 11) is 0. The van der Waals surface area contributed by atoms with Crippen molar-refractivity contribution in [1.29, 1.82) is 0 Å². The Morgan fingerprint density at radius 2 is 2.14 bits per heavy atom. The fourth-order valence-corrected chi connectivity index (χ4v) is 3.39. The Morgan fingerprint density at radius 3 is 2.86 bits per heavy atom. The summed E-state index contributed by atoms with van der Waals surface area (Å²) in [6.07, 6.45) is 2.24. The van der Waals surface area contributed by atoms with Gasteiger partial charge in [-0.15, -0.1) is 0 Å². The maximum Gasteiger partial charge on any atom is 0.354 e. The largest absolute Gasteiger partial charge is 0.476 e. The van der Waals surface area contributed by atoms with Gasteiger partial charge in [-0.1, -0.05) is 0 Å². The van der Waals surface area contributed by atoms with Crippen LogP contribution in [0.25, 0.3) is 11.5 Å². The van der Waals surface area contributed by atoms with Crippen LogP contribution in [0.2, 0.25) is 0 Å². The molecule has 6 nitrogen and oxygen atoms in total. The molecule has 0 aliphatic carbocycles. The van der Waals surface area contributed by atoms with E-state index in [-0.39, 0.29) is 5.69 Å². The standard InChI is InChI=1S/C13H10Br2N4O2/c14-6-3-8(15)11(17-4-6)12-18-9-5-16-2-1-7(9)10(19-12)13(20)21/h3-4,16H,1-2,5H2,(H,20,21). The molecule has 0 saturated heterocycles. The number of fused-ring (bicyclic) bond motifs is 1. The van der Waals surface area contributed by atoms with Crippen LogP contribution < -0.4 is 5.32 Å². The van der Waals surface area contributed by atoms with Gasteiger partial charge in [-0.05, 0) is 50.9 Å². The fourth-order valence-electron chi connectivity index (χ4n) is 2.22. The Balaban J connectivity index is 2.19. The molecule has 3 heterocycles. The first kappa shape index (κ1) is 14.6. The molecule has 3 rings (SSSR count). The van der Waals surface area contributed by atoms with Crippen LogP contribution in [-0.2, 0) is 13.0 Å². The van der Waals surface area contributed by atoms with Crippen LogP contribution in [0.3, 0.4) is 0 Å². The van der Waals surface area contributed by atoms with E-state index < -0.39 is 5.97 Å². The summed E-state index contributed by atoms with van der Waals surface area (Å²) in [5.74, 6) is -0.723. The molecule has 0 aromatic carbocycles. The molecule has 0 atom stereocenters. The van der Waals surface area contributed by atoms with Gasteiger partial charge in [0.05, 0.1) is 5.69 Å².